The van der Waals surface area contributed by atoms with Gasteiger partial charge in [-0.05, 0) is 25.1 Å². The molecule has 112 valence electrons. The number of para-hydroxylation sites is 1. The fraction of sp³-hybridized carbons (Fsp3) is 0.417. The number of carbonyl (C=O) groups is 1. The van der Waals surface area contributed by atoms with Crippen molar-refractivity contribution >= 4 is 21.4 Å². The summed E-state index contributed by atoms with van der Waals surface area (Å²) < 4.78 is 48.2. The van der Waals surface area contributed by atoms with E-state index in [0.717, 1.165) is 6.07 Å². The van der Waals surface area contributed by atoms with E-state index in [1.54, 1.807) is 6.92 Å². The summed E-state index contributed by atoms with van der Waals surface area (Å²) in [7, 11) is -4.76. The summed E-state index contributed by atoms with van der Waals surface area (Å²) in [5.41, 5.74) is 5.17. The van der Waals surface area contributed by atoms with Crippen molar-refractivity contribution in [2.75, 3.05) is 11.9 Å². The van der Waals surface area contributed by atoms with Crippen molar-refractivity contribution in [2.24, 2.45) is 11.7 Å². The fourth-order valence-corrected chi connectivity index (χ4v) is 2.44. The van der Waals surface area contributed by atoms with Crippen LogP contribution in [0.3, 0.4) is 0 Å². The molecule has 0 fully saturated rings. The Balaban J connectivity index is 3.07. The number of anilines is 1. The molecule has 1 unspecified atom stereocenters. The molecular formula is C12H16F2N2O3S. The first-order chi connectivity index (χ1) is 9.30. The quantitative estimate of drug-likeness (QED) is 0.835. The van der Waals surface area contributed by atoms with Gasteiger partial charge < -0.3 is 11.1 Å². The molecule has 0 aliphatic rings. The normalized spacial score (nSPS) is 13.2. The Morgan fingerprint density at radius 3 is 2.50 bits per heavy atom. The smallest absolute Gasteiger partial charge is 0.330 e. The third-order valence-corrected chi connectivity index (χ3v) is 4.17. The van der Waals surface area contributed by atoms with Crippen LogP contribution in [-0.4, -0.2) is 26.6 Å². The summed E-state index contributed by atoms with van der Waals surface area (Å²) in [4.78, 5) is 11.2. The molecule has 0 radical (unpaired) electrons. The predicted molar refractivity (Wildman–Crippen MR) is 71.1 cm³/mol. The van der Waals surface area contributed by atoms with E-state index in [1.165, 1.54) is 18.2 Å². The van der Waals surface area contributed by atoms with E-state index in [-0.39, 0.29) is 5.69 Å². The minimum atomic E-state index is -4.76. The largest absolute Gasteiger partial charge is 0.341 e. The van der Waals surface area contributed by atoms with Crippen LogP contribution in [0.5, 0.6) is 0 Å². The van der Waals surface area contributed by atoms with Gasteiger partial charge in [0.05, 0.1) is 10.6 Å². The minimum Gasteiger partial charge on any atom is -0.330 e. The second-order valence-electron chi connectivity index (χ2n) is 4.27. The van der Waals surface area contributed by atoms with Crippen LogP contribution in [0.2, 0.25) is 0 Å². The average molecular weight is 306 g/mol. The number of carbonyl (C=O) groups excluding carboxylic acids is 1. The zero-order chi connectivity index (χ0) is 15.3. The summed E-state index contributed by atoms with van der Waals surface area (Å²) in [5.74, 6) is -4.45. The fourth-order valence-electron chi connectivity index (χ4n) is 1.55. The molecule has 0 saturated carbocycles. The Bertz CT molecular complexity index is 576. The molecule has 1 atom stereocenters. The Labute approximate surface area is 116 Å². The van der Waals surface area contributed by atoms with Gasteiger partial charge in [0.15, 0.2) is 0 Å². The van der Waals surface area contributed by atoms with E-state index >= 15 is 0 Å². The van der Waals surface area contributed by atoms with Crippen LogP contribution in [-0.2, 0) is 14.6 Å². The maximum Gasteiger partial charge on any atom is 0.341 e. The van der Waals surface area contributed by atoms with Gasteiger partial charge in [-0.3, -0.25) is 4.79 Å². The zero-order valence-corrected chi connectivity index (χ0v) is 11.7. The lowest BCUT2D eigenvalue weighted by molar-refractivity contribution is -0.119. The summed E-state index contributed by atoms with van der Waals surface area (Å²) in [6.45, 7) is 1.91. The number of amides is 1. The molecule has 1 rings (SSSR count). The number of rotatable bonds is 6. The van der Waals surface area contributed by atoms with Crippen LogP contribution in [0.15, 0.2) is 29.2 Å². The number of nitrogens with two attached hydrogens (primary N) is 1. The van der Waals surface area contributed by atoms with Crippen molar-refractivity contribution in [2.45, 2.75) is 24.0 Å². The molecule has 0 saturated heterocycles. The van der Waals surface area contributed by atoms with Gasteiger partial charge in [-0.2, -0.15) is 8.78 Å². The van der Waals surface area contributed by atoms with Crippen LogP contribution in [0.1, 0.15) is 13.3 Å². The van der Waals surface area contributed by atoms with Crippen LogP contribution in [0.25, 0.3) is 0 Å². The standard InChI is InChI=1S/C12H16F2N2O3S/c1-8(6-7-15)11(17)16-9-4-2-3-5-10(9)20(18,19)12(13)14/h2-5,8,12H,6-7,15H2,1H3,(H,16,17). The van der Waals surface area contributed by atoms with Gasteiger partial charge in [0.1, 0.15) is 0 Å². The maximum atomic E-state index is 12.6. The topological polar surface area (TPSA) is 89.3 Å². The lowest BCUT2D eigenvalue weighted by Gasteiger charge is -2.14. The molecule has 0 aromatic heterocycles. The maximum absolute atomic E-state index is 12.6. The number of halogens is 2. The molecule has 0 spiro atoms. The molecular weight excluding hydrogens is 290 g/mol. The highest BCUT2D eigenvalue weighted by atomic mass is 32.2. The molecule has 1 amide bonds. The van der Waals surface area contributed by atoms with Crippen LogP contribution in [0, 0.1) is 5.92 Å². The third-order valence-electron chi connectivity index (χ3n) is 2.73. The van der Waals surface area contributed by atoms with Gasteiger partial charge in [-0.15, -0.1) is 0 Å². The lowest BCUT2D eigenvalue weighted by atomic mass is 10.1. The van der Waals surface area contributed by atoms with E-state index in [1.807, 2.05) is 0 Å². The van der Waals surface area contributed by atoms with Crippen molar-refractivity contribution in [3.05, 3.63) is 24.3 Å². The number of nitrogens with one attached hydrogen (secondary N) is 1. The first kappa shape index (κ1) is 16.5. The summed E-state index contributed by atoms with van der Waals surface area (Å²) in [6.07, 6.45) is 0.412. The first-order valence-electron chi connectivity index (χ1n) is 5.92. The number of hydrogen-bond donors (Lipinski definition) is 2. The Kier molecular flexibility index (Phi) is 5.58. The van der Waals surface area contributed by atoms with Crippen molar-refractivity contribution < 1.29 is 22.0 Å². The van der Waals surface area contributed by atoms with E-state index in [0.29, 0.717) is 13.0 Å². The zero-order valence-electron chi connectivity index (χ0n) is 10.8. The Hall–Kier alpha value is -1.54. The van der Waals surface area contributed by atoms with Gasteiger partial charge in [0, 0.05) is 5.92 Å². The lowest BCUT2D eigenvalue weighted by Crippen LogP contribution is -2.24. The van der Waals surface area contributed by atoms with Gasteiger partial charge in [0.25, 0.3) is 0 Å². The summed E-state index contributed by atoms with van der Waals surface area (Å²) in [5, 5.41) is 2.35. The summed E-state index contributed by atoms with van der Waals surface area (Å²) >= 11 is 0. The number of alkyl halides is 2. The second-order valence-corrected chi connectivity index (χ2v) is 6.16. The molecule has 5 nitrogen and oxygen atoms in total. The highest BCUT2D eigenvalue weighted by molar-refractivity contribution is 7.91. The molecule has 1 aromatic carbocycles. The third kappa shape index (κ3) is 3.73. The molecule has 3 N–H and O–H groups in total. The highest BCUT2D eigenvalue weighted by Crippen LogP contribution is 2.26. The van der Waals surface area contributed by atoms with Crippen LogP contribution >= 0.6 is 0 Å². The van der Waals surface area contributed by atoms with E-state index in [9.17, 15) is 22.0 Å². The van der Waals surface area contributed by atoms with E-state index in [2.05, 4.69) is 5.32 Å². The Morgan fingerprint density at radius 2 is 1.95 bits per heavy atom. The monoisotopic (exact) mass is 306 g/mol. The van der Waals surface area contributed by atoms with Gasteiger partial charge in [0.2, 0.25) is 15.7 Å². The molecule has 0 aliphatic carbocycles. The van der Waals surface area contributed by atoms with Crippen molar-refractivity contribution in [1.82, 2.24) is 0 Å². The molecule has 0 heterocycles. The van der Waals surface area contributed by atoms with Crippen molar-refractivity contribution in [3.63, 3.8) is 0 Å². The summed E-state index contributed by atoms with van der Waals surface area (Å²) in [6, 6.07) is 5.06. The number of benzene rings is 1. The predicted octanol–water partition coefficient (Wildman–Crippen LogP) is 1.61. The molecule has 8 heteroatoms. The molecule has 20 heavy (non-hydrogen) atoms. The van der Waals surface area contributed by atoms with E-state index < -0.39 is 32.3 Å². The van der Waals surface area contributed by atoms with Gasteiger partial charge in [-0.1, -0.05) is 19.1 Å². The van der Waals surface area contributed by atoms with Gasteiger partial charge in [-0.25, -0.2) is 8.42 Å². The number of hydrogen-bond acceptors (Lipinski definition) is 4. The second kappa shape index (κ2) is 6.76. The van der Waals surface area contributed by atoms with Crippen LogP contribution < -0.4 is 11.1 Å². The first-order valence-corrected chi connectivity index (χ1v) is 7.47. The average Bonchev–Trinajstić information content (AvgIpc) is 2.39. The molecule has 0 aliphatic heterocycles. The van der Waals surface area contributed by atoms with Crippen molar-refractivity contribution in [3.8, 4) is 0 Å². The Morgan fingerprint density at radius 1 is 1.35 bits per heavy atom. The van der Waals surface area contributed by atoms with E-state index in [4.69, 9.17) is 5.73 Å². The molecule has 1 aromatic rings. The van der Waals surface area contributed by atoms with Gasteiger partial charge >= 0.3 is 5.76 Å². The molecule has 0 bridgehead atoms. The number of sulfone groups is 1. The van der Waals surface area contributed by atoms with Crippen LogP contribution in [0.4, 0.5) is 14.5 Å². The SMILES string of the molecule is CC(CCN)C(=O)Nc1ccccc1S(=O)(=O)C(F)F. The van der Waals surface area contributed by atoms with Crippen molar-refractivity contribution in [1.29, 1.82) is 0 Å². The highest BCUT2D eigenvalue weighted by Gasteiger charge is 2.29. The minimum absolute atomic E-state index is 0.151.